The molecule has 0 radical (unpaired) electrons. The fourth-order valence-electron chi connectivity index (χ4n) is 2.80. The summed E-state index contributed by atoms with van der Waals surface area (Å²) in [5, 5.41) is 9.55. The minimum Gasteiger partial charge on any atom is -0.497 e. The second-order valence-corrected chi connectivity index (χ2v) is 5.23. The first kappa shape index (κ1) is 12.9. The van der Waals surface area contributed by atoms with E-state index in [0.29, 0.717) is 0 Å². The maximum atomic E-state index is 9.55. The van der Waals surface area contributed by atoms with Crippen molar-refractivity contribution in [1.82, 2.24) is 9.88 Å². The highest BCUT2D eigenvalue weighted by Crippen LogP contribution is 2.33. The zero-order valence-electron chi connectivity index (χ0n) is 11.7. The summed E-state index contributed by atoms with van der Waals surface area (Å²) < 4.78 is 5.21. The van der Waals surface area contributed by atoms with Crippen LogP contribution in [0.4, 0.5) is 0 Å². The van der Waals surface area contributed by atoms with Crippen LogP contribution in [0.15, 0.2) is 36.4 Å². The van der Waals surface area contributed by atoms with Gasteiger partial charge in [-0.05, 0) is 30.3 Å². The van der Waals surface area contributed by atoms with Gasteiger partial charge >= 0.3 is 0 Å². The average molecular weight is 270 g/mol. The SMILES string of the molecule is COc1ccc(C2CN(C)Cc3nc(O)ccc32)cc1. The molecule has 2 aromatic rings. The zero-order chi connectivity index (χ0) is 14.1. The van der Waals surface area contributed by atoms with E-state index in [1.807, 2.05) is 18.2 Å². The van der Waals surface area contributed by atoms with Crippen molar-refractivity contribution in [3.63, 3.8) is 0 Å². The molecule has 1 aliphatic heterocycles. The molecule has 0 aliphatic carbocycles. The highest BCUT2D eigenvalue weighted by molar-refractivity contribution is 5.40. The van der Waals surface area contributed by atoms with Gasteiger partial charge in [0.15, 0.2) is 0 Å². The summed E-state index contributed by atoms with van der Waals surface area (Å²) >= 11 is 0. The predicted octanol–water partition coefficient (Wildman–Crippen LogP) is 2.37. The molecule has 1 unspecified atom stereocenters. The van der Waals surface area contributed by atoms with Crippen LogP contribution in [0.3, 0.4) is 0 Å². The van der Waals surface area contributed by atoms with Gasteiger partial charge in [0.25, 0.3) is 0 Å². The van der Waals surface area contributed by atoms with Crippen molar-refractivity contribution >= 4 is 0 Å². The number of aromatic nitrogens is 1. The van der Waals surface area contributed by atoms with Crippen LogP contribution in [0.25, 0.3) is 0 Å². The lowest BCUT2D eigenvalue weighted by molar-refractivity contribution is 0.287. The summed E-state index contributed by atoms with van der Waals surface area (Å²) in [7, 11) is 3.75. The number of fused-ring (bicyclic) bond motifs is 1. The quantitative estimate of drug-likeness (QED) is 0.910. The lowest BCUT2D eigenvalue weighted by Gasteiger charge is -2.31. The maximum Gasteiger partial charge on any atom is 0.210 e. The van der Waals surface area contributed by atoms with E-state index in [1.165, 1.54) is 11.1 Å². The molecular formula is C16H18N2O2. The molecule has 1 aliphatic rings. The molecule has 0 spiro atoms. The van der Waals surface area contributed by atoms with E-state index < -0.39 is 0 Å². The average Bonchev–Trinajstić information content (AvgIpc) is 2.46. The van der Waals surface area contributed by atoms with Crippen LogP contribution >= 0.6 is 0 Å². The Morgan fingerprint density at radius 2 is 1.95 bits per heavy atom. The molecule has 0 amide bonds. The molecule has 4 heteroatoms. The van der Waals surface area contributed by atoms with E-state index in [-0.39, 0.29) is 11.8 Å². The number of rotatable bonds is 2. The van der Waals surface area contributed by atoms with Crippen molar-refractivity contribution in [2.24, 2.45) is 0 Å². The van der Waals surface area contributed by atoms with Gasteiger partial charge in [-0.3, -0.25) is 4.90 Å². The Morgan fingerprint density at radius 3 is 2.65 bits per heavy atom. The monoisotopic (exact) mass is 270 g/mol. The first-order valence-electron chi connectivity index (χ1n) is 6.68. The van der Waals surface area contributed by atoms with Gasteiger partial charge in [0, 0.05) is 25.1 Å². The summed E-state index contributed by atoms with van der Waals surface area (Å²) in [6.45, 7) is 1.72. The Labute approximate surface area is 118 Å². The minimum absolute atomic E-state index is 0.0903. The molecule has 0 bridgehead atoms. The lowest BCUT2D eigenvalue weighted by atomic mass is 9.87. The summed E-state index contributed by atoms with van der Waals surface area (Å²) in [6, 6.07) is 11.8. The zero-order valence-corrected chi connectivity index (χ0v) is 11.7. The van der Waals surface area contributed by atoms with Gasteiger partial charge in [-0.1, -0.05) is 18.2 Å². The molecular weight excluding hydrogens is 252 g/mol. The van der Waals surface area contributed by atoms with E-state index >= 15 is 0 Å². The van der Waals surface area contributed by atoms with Crippen molar-refractivity contribution in [3.8, 4) is 11.6 Å². The standard InChI is InChI=1S/C16H18N2O2/c1-18-9-14(11-3-5-12(20-2)6-4-11)13-7-8-16(19)17-15(13)10-18/h3-8,14H,9-10H2,1-2H3,(H,17,19). The largest absolute Gasteiger partial charge is 0.497 e. The highest BCUT2D eigenvalue weighted by Gasteiger charge is 2.26. The molecule has 20 heavy (non-hydrogen) atoms. The number of ether oxygens (including phenoxy) is 1. The summed E-state index contributed by atoms with van der Waals surface area (Å²) in [6.07, 6.45) is 0. The summed E-state index contributed by atoms with van der Waals surface area (Å²) in [5.41, 5.74) is 3.40. The summed E-state index contributed by atoms with van der Waals surface area (Å²) in [4.78, 5) is 6.49. The molecule has 2 heterocycles. The van der Waals surface area contributed by atoms with Gasteiger partial charge in [0.05, 0.1) is 12.8 Å². The molecule has 0 saturated heterocycles. The number of aromatic hydroxyl groups is 1. The number of likely N-dealkylation sites (N-methyl/N-ethyl adjacent to an activating group) is 1. The van der Waals surface area contributed by atoms with Gasteiger partial charge in [0.2, 0.25) is 5.88 Å². The van der Waals surface area contributed by atoms with Crippen molar-refractivity contribution in [1.29, 1.82) is 0 Å². The number of hydrogen-bond acceptors (Lipinski definition) is 4. The van der Waals surface area contributed by atoms with Crippen LogP contribution in [-0.4, -0.2) is 35.7 Å². The molecule has 1 atom stereocenters. The third-order valence-corrected chi connectivity index (χ3v) is 3.80. The predicted molar refractivity (Wildman–Crippen MR) is 77.1 cm³/mol. The molecule has 0 fully saturated rings. The van der Waals surface area contributed by atoms with Crippen LogP contribution < -0.4 is 4.74 Å². The maximum absolute atomic E-state index is 9.55. The van der Waals surface area contributed by atoms with Crippen molar-refractivity contribution in [2.45, 2.75) is 12.5 Å². The van der Waals surface area contributed by atoms with Crippen LogP contribution in [0.2, 0.25) is 0 Å². The van der Waals surface area contributed by atoms with E-state index in [0.717, 1.165) is 24.5 Å². The fraction of sp³-hybridized carbons (Fsp3) is 0.312. The Bertz CT molecular complexity index is 610. The number of methoxy groups -OCH3 is 1. The molecule has 1 N–H and O–H groups in total. The normalized spacial score (nSPS) is 18.6. The Morgan fingerprint density at radius 1 is 1.20 bits per heavy atom. The van der Waals surface area contributed by atoms with E-state index in [2.05, 4.69) is 29.1 Å². The second kappa shape index (κ2) is 5.13. The van der Waals surface area contributed by atoms with Gasteiger partial charge in [-0.25, -0.2) is 4.98 Å². The van der Waals surface area contributed by atoms with E-state index in [4.69, 9.17) is 4.74 Å². The third-order valence-electron chi connectivity index (χ3n) is 3.80. The van der Waals surface area contributed by atoms with Crippen LogP contribution in [-0.2, 0) is 6.54 Å². The number of nitrogens with zero attached hydrogens (tertiary/aromatic N) is 2. The molecule has 4 nitrogen and oxygen atoms in total. The van der Waals surface area contributed by atoms with Crippen LogP contribution in [0, 0.1) is 0 Å². The fourth-order valence-corrected chi connectivity index (χ4v) is 2.80. The van der Waals surface area contributed by atoms with E-state index in [1.54, 1.807) is 13.2 Å². The molecule has 1 aromatic heterocycles. The minimum atomic E-state index is 0.0903. The van der Waals surface area contributed by atoms with Gasteiger partial charge in [-0.2, -0.15) is 0 Å². The van der Waals surface area contributed by atoms with Crippen molar-refractivity contribution in [2.75, 3.05) is 20.7 Å². The van der Waals surface area contributed by atoms with Crippen LogP contribution in [0.5, 0.6) is 11.6 Å². The number of hydrogen-bond donors (Lipinski definition) is 1. The molecule has 104 valence electrons. The third kappa shape index (κ3) is 2.34. The number of benzene rings is 1. The van der Waals surface area contributed by atoms with Crippen molar-refractivity contribution in [3.05, 3.63) is 53.2 Å². The smallest absolute Gasteiger partial charge is 0.210 e. The summed E-state index contributed by atoms with van der Waals surface area (Å²) in [5.74, 6) is 1.23. The number of pyridine rings is 1. The first-order chi connectivity index (χ1) is 9.67. The topological polar surface area (TPSA) is 45.6 Å². The Hall–Kier alpha value is -2.07. The lowest BCUT2D eigenvalue weighted by Crippen LogP contribution is -2.31. The second-order valence-electron chi connectivity index (χ2n) is 5.23. The van der Waals surface area contributed by atoms with Crippen LogP contribution in [0.1, 0.15) is 22.7 Å². The molecule has 1 aromatic carbocycles. The Balaban J connectivity index is 2.01. The van der Waals surface area contributed by atoms with E-state index in [9.17, 15) is 5.11 Å². The molecule has 3 rings (SSSR count). The van der Waals surface area contributed by atoms with Gasteiger partial charge in [0.1, 0.15) is 5.75 Å². The molecule has 0 saturated carbocycles. The first-order valence-corrected chi connectivity index (χ1v) is 6.68. The van der Waals surface area contributed by atoms with Crippen molar-refractivity contribution < 1.29 is 9.84 Å². The highest BCUT2D eigenvalue weighted by atomic mass is 16.5. The van der Waals surface area contributed by atoms with Gasteiger partial charge in [-0.15, -0.1) is 0 Å². The van der Waals surface area contributed by atoms with Gasteiger partial charge < -0.3 is 9.84 Å². The Kier molecular flexibility index (Phi) is 3.32.